The number of aromatic nitrogens is 1. The number of carbonyl (C=O) groups excluding carboxylic acids is 2. The van der Waals surface area contributed by atoms with Crippen molar-refractivity contribution in [1.82, 2.24) is 4.98 Å². The zero-order chi connectivity index (χ0) is 15.1. The summed E-state index contributed by atoms with van der Waals surface area (Å²) >= 11 is 0. The van der Waals surface area contributed by atoms with Crippen LogP contribution in [-0.4, -0.2) is 46.4 Å². The van der Waals surface area contributed by atoms with E-state index in [0.29, 0.717) is 5.56 Å². The molecule has 0 spiro atoms. The number of carbonyl (C=O) groups is 2. The van der Waals surface area contributed by atoms with Gasteiger partial charge in [0.15, 0.2) is 0 Å². The molecule has 0 saturated carbocycles. The number of hydrogen-bond donors (Lipinski definition) is 3. The van der Waals surface area contributed by atoms with Crippen LogP contribution in [0.5, 0.6) is 0 Å². The number of aliphatic hydroxyl groups excluding tert-OH is 2. The van der Waals surface area contributed by atoms with Gasteiger partial charge in [-0.15, -0.1) is 0 Å². The summed E-state index contributed by atoms with van der Waals surface area (Å²) in [6.07, 6.45) is 0.849. The first kappa shape index (κ1) is 16.1. The molecule has 0 radical (unpaired) electrons. The summed E-state index contributed by atoms with van der Waals surface area (Å²) in [4.78, 5) is 26.0. The smallest absolute Gasteiger partial charge is 0.308 e. The Kier molecular flexibility index (Phi) is 6.08. The molecule has 0 aliphatic rings. The van der Waals surface area contributed by atoms with E-state index in [2.05, 4.69) is 9.72 Å². The van der Waals surface area contributed by atoms with E-state index in [-0.39, 0.29) is 24.8 Å². The lowest BCUT2D eigenvalue weighted by Gasteiger charge is -2.15. The lowest BCUT2D eigenvalue weighted by atomic mass is 9.99. The number of esters is 1. The summed E-state index contributed by atoms with van der Waals surface area (Å²) in [5, 5.41) is 19.5. The molecule has 0 saturated heterocycles. The number of methoxy groups -OCH3 is 1. The summed E-state index contributed by atoms with van der Waals surface area (Å²) in [5.41, 5.74) is 5.98. The van der Waals surface area contributed by atoms with Gasteiger partial charge in [0.2, 0.25) is 0 Å². The Morgan fingerprint density at radius 3 is 2.70 bits per heavy atom. The molecule has 4 N–H and O–H groups in total. The SMILES string of the molecule is COC(=O)C[C@H](O)C[C@@H](O)Cc1ccncc1C(N)=O. The molecule has 2 atom stereocenters. The summed E-state index contributed by atoms with van der Waals surface area (Å²) < 4.78 is 4.42. The quantitative estimate of drug-likeness (QED) is 0.574. The highest BCUT2D eigenvalue weighted by Gasteiger charge is 2.18. The van der Waals surface area contributed by atoms with Gasteiger partial charge in [-0.1, -0.05) is 0 Å². The molecule has 1 heterocycles. The highest BCUT2D eigenvalue weighted by molar-refractivity contribution is 5.93. The van der Waals surface area contributed by atoms with Gasteiger partial charge in [-0.3, -0.25) is 14.6 Å². The normalized spacial score (nSPS) is 13.6. The van der Waals surface area contributed by atoms with E-state index in [1.807, 2.05) is 0 Å². The second-order valence-electron chi connectivity index (χ2n) is 4.42. The molecule has 0 bridgehead atoms. The minimum Gasteiger partial charge on any atom is -0.469 e. The third-order valence-corrected chi connectivity index (χ3v) is 2.81. The van der Waals surface area contributed by atoms with E-state index in [1.54, 1.807) is 6.07 Å². The molecule has 0 aromatic carbocycles. The highest BCUT2D eigenvalue weighted by Crippen LogP contribution is 2.13. The fraction of sp³-hybridized carbons (Fsp3) is 0.462. The average molecular weight is 282 g/mol. The lowest BCUT2D eigenvalue weighted by Crippen LogP contribution is -2.24. The maximum atomic E-state index is 11.2. The van der Waals surface area contributed by atoms with Crippen LogP contribution in [0.3, 0.4) is 0 Å². The summed E-state index contributed by atoms with van der Waals surface area (Å²) in [7, 11) is 1.22. The second-order valence-corrected chi connectivity index (χ2v) is 4.42. The molecule has 110 valence electrons. The number of hydrogen-bond acceptors (Lipinski definition) is 6. The predicted octanol–water partition coefficient (Wildman–Crippen LogP) is -0.602. The van der Waals surface area contributed by atoms with Crippen LogP contribution in [0.25, 0.3) is 0 Å². The Morgan fingerprint density at radius 1 is 1.40 bits per heavy atom. The first-order valence-electron chi connectivity index (χ1n) is 6.09. The first-order chi connectivity index (χ1) is 9.43. The largest absolute Gasteiger partial charge is 0.469 e. The van der Waals surface area contributed by atoms with Crippen LogP contribution < -0.4 is 5.73 Å². The van der Waals surface area contributed by atoms with Gasteiger partial charge in [0.25, 0.3) is 5.91 Å². The van der Waals surface area contributed by atoms with Gasteiger partial charge >= 0.3 is 5.97 Å². The van der Waals surface area contributed by atoms with Crippen LogP contribution in [0.1, 0.15) is 28.8 Å². The summed E-state index contributed by atoms with van der Waals surface area (Å²) in [6, 6.07) is 1.58. The van der Waals surface area contributed by atoms with E-state index in [0.717, 1.165) is 0 Å². The minimum atomic E-state index is -1.00. The number of ether oxygens (including phenoxy) is 1. The Bertz CT molecular complexity index is 478. The minimum absolute atomic E-state index is 0.00434. The van der Waals surface area contributed by atoms with Gasteiger partial charge in [0.05, 0.1) is 31.3 Å². The van der Waals surface area contributed by atoms with Crippen LogP contribution >= 0.6 is 0 Å². The summed E-state index contributed by atoms with van der Waals surface area (Å²) in [6.45, 7) is 0. The molecule has 0 fully saturated rings. The zero-order valence-electron chi connectivity index (χ0n) is 11.2. The maximum Gasteiger partial charge on any atom is 0.308 e. The highest BCUT2D eigenvalue weighted by atomic mass is 16.5. The number of nitrogens with two attached hydrogens (primary N) is 1. The number of pyridine rings is 1. The molecule has 7 heteroatoms. The van der Waals surface area contributed by atoms with Gasteiger partial charge in [-0.2, -0.15) is 0 Å². The van der Waals surface area contributed by atoms with Crippen molar-refractivity contribution in [2.45, 2.75) is 31.5 Å². The van der Waals surface area contributed by atoms with Gasteiger partial charge in [-0.25, -0.2) is 0 Å². The third kappa shape index (κ3) is 4.94. The van der Waals surface area contributed by atoms with Crippen molar-refractivity contribution in [3.05, 3.63) is 29.6 Å². The zero-order valence-corrected chi connectivity index (χ0v) is 11.2. The fourth-order valence-electron chi connectivity index (χ4n) is 1.83. The monoisotopic (exact) mass is 282 g/mol. The van der Waals surface area contributed by atoms with Crippen molar-refractivity contribution < 1.29 is 24.5 Å². The van der Waals surface area contributed by atoms with E-state index >= 15 is 0 Å². The van der Waals surface area contributed by atoms with Crippen molar-refractivity contribution in [3.63, 3.8) is 0 Å². The second kappa shape index (κ2) is 7.56. The van der Waals surface area contributed by atoms with Crippen molar-refractivity contribution in [2.24, 2.45) is 5.73 Å². The van der Waals surface area contributed by atoms with Crippen LogP contribution in [0.15, 0.2) is 18.5 Å². The molecule has 0 aliphatic heterocycles. The Labute approximate surface area is 116 Å². The molecule has 1 aromatic rings. The Balaban J connectivity index is 2.60. The molecule has 1 amide bonds. The number of amides is 1. The van der Waals surface area contributed by atoms with E-state index in [9.17, 15) is 19.8 Å². The Morgan fingerprint density at radius 2 is 2.10 bits per heavy atom. The molecule has 1 rings (SSSR count). The van der Waals surface area contributed by atoms with Crippen LogP contribution in [0.4, 0.5) is 0 Å². The molecule has 7 nitrogen and oxygen atoms in total. The van der Waals surface area contributed by atoms with E-state index < -0.39 is 24.1 Å². The van der Waals surface area contributed by atoms with Gasteiger partial charge < -0.3 is 20.7 Å². The van der Waals surface area contributed by atoms with Gasteiger partial charge in [0, 0.05) is 18.8 Å². The molecule has 0 unspecified atom stereocenters. The van der Waals surface area contributed by atoms with E-state index in [4.69, 9.17) is 5.73 Å². The molecule has 20 heavy (non-hydrogen) atoms. The van der Waals surface area contributed by atoms with Gasteiger partial charge in [-0.05, 0) is 18.1 Å². The van der Waals surface area contributed by atoms with E-state index in [1.165, 1.54) is 19.5 Å². The average Bonchev–Trinajstić information content (AvgIpc) is 2.38. The van der Waals surface area contributed by atoms with Crippen molar-refractivity contribution >= 4 is 11.9 Å². The van der Waals surface area contributed by atoms with Crippen LogP contribution in [0.2, 0.25) is 0 Å². The molecule has 0 aliphatic carbocycles. The van der Waals surface area contributed by atoms with Crippen molar-refractivity contribution in [1.29, 1.82) is 0 Å². The number of primary amides is 1. The molecular weight excluding hydrogens is 264 g/mol. The number of nitrogens with zero attached hydrogens (tertiary/aromatic N) is 1. The van der Waals surface area contributed by atoms with Crippen LogP contribution in [-0.2, 0) is 16.0 Å². The van der Waals surface area contributed by atoms with Crippen molar-refractivity contribution in [3.8, 4) is 0 Å². The van der Waals surface area contributed by atoms with Crippen molar-refractivity contribution in [2.75, 3.05) is 7.11 Å². The third-order valence-electron chi connectivity index (χ3n) is 2.81. The molecule has 1 aromatic heterocycles. The lowest BCUT2D eigenvalue weighted by molar-refractivity contribution is -0.143. The van der Waals surface area contributed by atoms with Gasteiger partial charge in [0.1, 0.15) is 0 Å². The summed E-state index contributed by atoms with van der Waals surface area (Å²) in [5.74, 6) is -1.18. The number of rotatable bonds is 7. The molecular formula is C13H18N2O5. The Hall–Kier alpha value is -1.99. The maximum absolute atomic E-state index is 11.2. The first-order valence-corrected chi connectivity index (χ1v) is 6.09. The number of aliphatic hydroxyl groups is 2. The standard InChI is InChI=1S/C13H18N2O5/c1-20-12(18)6-10(17)5-9(16)4-8-2-3-15-7-11(8)13(14)19/h2-3,7,9-10,16-17H,4-6H2,1H3,(H2,14,19)/t9-,10+/m0/s1. The fourth-order valence-corrected chi connectivity index (χ4v) is 1.83. The topological polar surface area (TPSA) is 123 Å². The predicted molar refractivity (Wildman–Crippen MR) is 69.7 cm³/mol. The van der Waals surface area contributed by atoms with Crippen LogP contribution in [0, 0.1) is 0 Å².